The number of nitrogens with zero attached hydrogens (tertiary/aromatic N) is 1. The van der Waals surface area contributed by atoms with Crippen molar-refractivity contribution in [3.8, 4) is 11.8 Å². The van der Waals surface area contributed by atoms with Gasteiger partial charge in [0.25, 0.3) is 0 Å². The monoisotopic (exact) mass is 197 g/mol. The quantitative estimate of drug-likeness (QED) is 0.392. The molecule has 2 atom stereocenters. The van der Waals surface area contributed by atoms with Crippen molar-refractivity contribution in [2.45, 2.75) is 45.2 Å². The maximum absolute atomic E-state index is 5.57. The summed E-state index contributed by atoms with van der Waals surface area (Å²) >= 11 is 0. The summed E-state index contributed by atoms with van der Waals surface area (Å²) in [6.07, 6.45) is 1.83. The lowest BCUT2D eigenvalue weighted by Crippen LogP contribution is -2.58. The van der Waals surface area contributed by atoms with Gasteiger partial charge in [-0.25, -0.2) is 0 Å². The Kier molecular flexibility index (Phi) is 5.78. The number of rotatable bonds is 5. The first-order valence-electron chi connectivity index (χ1n) is 5.06. The first-order valence-corrected chi connectivity index (χ1v) is 5.06. The zero-order valence-corrected chi connectivity index (χ0v) is 10.0. The summed E-state index contributed by atoms with van der Waals surface area (Å²) in [4.78, 5) is 2.20. The number of nitrogens with one attached hydrogen (secondary N) is 1. The average Bonchev–Trinajstić information content (AvgIpc) is 2.18. The molecule has 3 heteroatoms. The number of hydrogen-bond donors (Lipinski definition) is 2. The van der Waals surface area contributed by atoms with Gasteiger partial charge in [-0.3, -0.25) is 11.3 Å². The van der Waals surface area contributed by atoms with Crippen LogP contribution in [0, 0.1) is 11.8 Å². The van der Waals surface area contributed by atoms with Gasteiger partial charge in [-0.15, -0.1) is 11.8 Å². The van der Waals surface area contributed by atoms with E-state index in [9.17, 15) is 0 Å². The predicted molar refractivity (Wildman–Crippen MR) is 61.6 cm³/mol. The smallest absolute Gasteiger partial charge is 0.0500 e. The van der Waals surface area contributed by atoms with Crippen molar-refractivity contribution in [2.24, 2.45) is 5.84 Å². The molecule has 0 heterocycles. The minimum atomic E-state index is 0.0542. The highest BCUT2D eigenvalue weighted by molar-refractivity contribution is 5.04. The van der Waals surface area contributed by atoms with Crippen molar-refractivity contribution in [3.05, 3.63) is 0 Å². The van der Waals surface area contributed by atoms with E-state index in [-0.39, 0.29) is 11.6 Å². The lowest BCUT2D eigenvalue weighted by molar-refractivity contribution is 0.115. The van der Waals surface area contributed by atoms with E-state index in [1.165, 1.54) is 0 Å². The molecule has 0 aliphatic carbocycles. The van der Waals surface area contributed by atoms with Gasteiger partial charge in [0.1, 0.15) is 0 Å². The standard InChI is InChI=1S/C11H23N3/c1-6-8-9-10(13-12)11(3,7-2)14(4)5/h10,13H,7,9,12H2,1-5H3. The minimum Gasteiger partial charge on any atom is -0.302 e. The first kappa shape index (κ1) is 13.4. The predicted octanol–water partition coefficient (Wildman–Crippen LogP) is 0.962. The van der Waals surface area contributed by atoms with Gasteiger partial charge in [-0.2, -0.15) is 0 Å². The second-order valence-corrected chi connectivity index (χ2v) is 3.96. The first-order chi connectivity index (χ1) is 6.52. The Morgan fingerprint density at radius 2 is 2.07 bits per heavy atom. The maximum atomic E-state index is 5.57. The maximum Gasteiger partial charge on any atom is 0.0500 e. The van der Waals surface area contributed by atoms with Crippen LogP contribution in [0.25, 0.3) is 0 Å². The van der Waals surface area contributed by atoms with Crippen molar-refractivity contribution in [3.63, 3.8) is 0 Å². The van der Waals surface area contributed by atoms with Gasteiger partial charge in [0.2, 0.25) is 0 Å². The van der Waals surface area contributed by atoms with Gasteiger partial charge in [0.05, 0.1) is 6.04 Å². The highest BCUT2D eigenvalue weighted by Crippen LogP contribution is 2.22. The van der Waals surface area contributed by atoms with Gasteiger partial charge in [-0.1, -0.05) is 6.92 Å². The van der Waals surface area contributed by atoms with E-state index in [4.69, 9.17) is 5.84 Å². The molecule has 0 aliphatic rings. The normalized spacial score (nSPS) is 17.1. The second kappa shape index (κ2) is 6.02. The molecule has 0 bridgehead atoms. The molecule has 0 amide bonds. The van der Waals surface area contributed by atoms with Crippen molar-refractivity contribution in [1.82, 2.24) is 10.3 Å². The van der Waals surface area contributed by atoms with Gasteiger partial charge in [-0.05, 0) is 34.4 Å². The molecular weight excluding hydrogens is 174 g/mol. The Balaban J connectivity index is 4.64. The highest BCUT2D eigenvalue weighted by atomic mass is 15.3. The SMILES string of the molecule is CC#CCC(NN)C(C)(CC)N(C)C. The summed E-state index contributed by atoms with van der Waals surface area (Å²) < 4.78 is 0. The van der Waals surface area contributed by atoms with E-state index in [2.05, 4.69) is 50.1 Å². The van der Waals surface area contributed by atoms with E-state index in [1.54, 1.807) is 0 Å². The average molecular weight is 197 g/mol. The van der Waals surface area contributed by atoms with E-state index < -0.39 is 0 Å². The van der Waals surface area contributed by atoms with E-state index in [0.29, 0.717) is 0 Å². The molecule has 0 saturated heterocycles. The van der Waals surface area contributed by atoms with Gasteiger partial charge in [0, 0.05) is 12.0 Å². The molecule has 0 aromatic rings. The highest BCUT2D eigenvalue weighted by Gasteiger charge is 2.33. The van der Waals surface area contributed by atoms with Crippen LogP contribution < -0.4 is 11.3 Å². The fourth-order valence-corrected chi connectivity index (χ4v) is 1.54. The van der Waals surface area contributed by atoms with Crippen molar-refractivity contribution in [1.29, 1.82) is 0 Å². The third kappa shape index (κ3) is 2.98. The van der Waals surface area contributed by atoms with Gasteiger partial charge >= 0.3 is 0 Å². The Morgan fingerprint density at radius 1 is 1.50 bits per heavy atom. The topological polar surface area (TPSA) is 41.3 Å². The lowest BCUT2D eigenvalue weighted by Gasteiger charge is -2.41. The fraction of sp³-hybridized carbons (Fsp3) is 0.818. The molecule has 3 nitrogen and oxygen atoms in total. The third-order valence-corrected chi connectivity index (χ3v) is 3.17. The van der Waals surface area contributed by atoms with Gasteiger partial charge < -0.3 is 4.90 Å². The molecule has 0 fully saturated rings. The van der Waals surface area contributed by atoms with Crippen LogP contribution in [-0.4, -0.2) is 30.6 Å². The molecule has 2 unspecified atom stereocenters. The van der Waals surface area contributed by atoms with E-state index in [0.717, 1.165) is 12.8 Å². The van der Waals surface area contributed by atoms with Crippen LogP contribution in [0.1, 0.15) is 33.6 Å². The van der Waals surface area contributed by atoms with Crippen LogP contribution in [0.2, 0.25) is 0 Å². The Bertz CT molecular complexity index is 214. The summed E-state index contributed by atoms with van der Waals surface area (Å²) in [6.45, 7) is 6.23. The summed E-state index contributed by atoms with van der Waals surface area (Å²) in [5.74, 6) is 11.5. The number of likely N-dealkylation sites (N-methyl/N-ethyl adjacent to an activating group) is 1. The molecule has 0 saturated carbocycles. The molecular formula is C11H23N3. The molecule has 0 aliphatic heterocycles. The van der Waals surface area contributed by atoms with Crippen LogP contribution in [-0.2, 0) is 0 Å². The Hall–Kier alpha value is -0.560. The van der Waals surface area contributed by atoms with E-state index >= 15 is 0 Å². The molecule has 0 rings (SSSR count). The molecule has 14 heavy (non-hydrogen) atoms. The summed E-state index contributed by atoms with van der Waals surface area (Å²) in [6, 6.07) is 0.204. The summed E-state index contributed by atoms with van der Waals surface area (Å²) in [5.41, 5.74) is 2.92. The zero-order valence-electron chi connectivity index (χ0n) is 10.0. The lowest BCUT2D eigenvalue weighted by atomic mass is 9.86. The van der Waals surface area contributed by atoms with Crippen LogP contribution in [0.5, 0.6) is 0 Å². The fourth-order valence-electron chi connectivity index (χ4n) is 1.54. The molecule has 82 valence electrons. The van der Waals surface area contributed by atoms with Crippen LogP contribution in [0.4, 0.5) is 0 Å². The Labute approximate surface area is 88.0 Å². The van der Waals surface area contributed by atoms with Crippen LogP contribution in [0.3, 0.4) is 0 Å². The summed E-state index contributed by atoms with van der Waals surface area (Å²) in [5, 5.41) is 0. The van der Waals surface area contributed by atoms with Crippen molar-refractivity contribution < 1.29 is 0 Å². The number of hydrogen-bond acceptors (Lipinski definition) is 3. The third-order valence-electron chi connectivity index (χ3n) is 3.17. The van der Waals surface area contributed by atoms with E-state index in [1.807, 2.05) is 6.92 Å². The second-order valence-electron chi connectivity index (χ2n) is 3.96. The van der Waals surface area contributed by atoms with Crippen LogP contribution in [0.15, 0.2) is 0 Å². The minimum absolute atomic E-state index is 0.0542. The summed E-state index contributed by atoms with van der Waals surface area (Å²) in [7, 11) is 4.15. The number of hydrazine groups is 1. The largest absolute Gasteiger partial charge is 0.302 e. The molecule has 0 aromatic heterocycles. The van der Waals surface area contributed by atoms with Crippen molar-refractivity contribution in [2.75, 3.05) is 14.1 Å². The molecule has 0 spiro atoms. The number of nitrogens with two attached hydrogens (primary N) is 1. The molecule has 3 N–H and O–H groups in total. The van der Waals surface area contributed by atoms with Crippen LogP contribution >= 0.6 is 0 Å². The zero-order chi connectivity index (χ0) is 11.2. The Morgan fingerprint density at radius 3 is 2.36 bits per heavy atom. The van der Waals surface area contributed by atoms with Crippen molar-refractivity contribution >= 4 is 0 Å². The molecule has 0 radical (unpaired) electrons. The molecule has 0 aromatic carbocycles. The van der Waals surface area contributed by atoms with Gasteiger partial charge in [0.15, 0.2) is 0 Å².